The molecule has 1 rings (SSSR count). The van der Waals surface area contributed by atoms with Gasteiger partial charge in [-0.05, 0) is 28.9 Å². The summed E-state index contributed by atoms with van der Waals surface area (Å²) in [4.78, 5) is 31.5. The van der Waals surface area contributed by atoms with Gasteiger partial charge in [-0.15, -0.1) is 9.81 Å². The van der Waals surface area contributed by atoms with Gasteiger partial charge in [0.2, 0.25) is 0 Å². The van der Waals surface area contributed by atoms with Crippen molar-refractivity contribution in [3.05, 3.63) is 32.0 Å². The molecule has 0 atom stereocenters. The second kappa shape index (κ2) is 4.14. The van der Waals surface area contributed by atoms with Crippen LogP contribution in [0.5, 0.6) is 0 Å². The molecule has 0 aromatic heterocycles. The van der Waals surface area contributed by atoms with E-state index in [2.05, 4.69) is 10.4 Å². The predicted octanol–water partition coefficient (Wildman–Crippen LogP) is 3.14. The summed E-state index contributed by atoms with van der Waals surface area (Å²) in [6, 6.07) is 0.943. The Morgan fingerprint density at radius 2 is 1.87 bits per heavy atom. The van der Waals surface area contributed by atoms with Crippen molar-refractivity contribution in [3.8, 4) is 0 Å². The highest BCUT2D eigenvalue weighted by Crippen LogP contribution is 2.36. The lowest BCUT2D eigenvalue weighted by atomic mass is 10.1. The van der Waals surface area contributed by atoms with E-state index in [1.165, 1.54) is 6.92 Å². The zero-order chi connectivity index (χ0) is 11.6. The minimum atomic E-state index is -1.33. The van der Waals surface area contributed by atoms with Crippen molar-refractivity contribution in [3.63, 3.8) is 0 Å². The van der Waals surface area contributed by atoms with E-state index in [4.69, 9.17) is 16.7 Å². The average Bonchev–Trinajstić information content (AvgIpc) is 2.20. The van der Waals surface area contributed by atoms with E-state index in [0.29, 0.717) is 0 Å². The summed E-state index contributed by atoms with van der Waals surface area (Å²) >= 11 is 5.67. The van der Waals surface area contributed by atoms with E-state index in [0.717, 1.165) is 6.07 Å². The fourth-order valence-electron chi connectivity index (χ4n) is 1.17. The Labute approximate surface area is 88.8 Å². The Balaban J connectivity index is 3.65. The van der Waals surface area contributed by atoms with E-state index >= 15 is 0 Å². The minimum Gasteiger partial charge on any atom is -0.478 e. The highest BCUT2D eigenvalue weighted by Gasteiger charge is 2.20. The summed E-state index contributed by atoms with van der Waals surface area (Å²) in [5.74, 6) is -1.33. The van der Waals surface area contributed by atoms with Crippen LogP contribution in [0.25, 0.3) is 0 Å². The fourth-order valence-corrected chi connectivity index (χ4v) is 1.35. The van der Waals surface area contributed by atoms with Crippen molar-refractivity contribution in [2.75, 3.05) is 0 Å². The molecular weight excluding hydrogens is 224 g/mol. The van der Waals surface area contributed by atoms with Gasteiger partial charge in [-0.1, -0.05) is 11.6 Å². The summed E-state index contributed by atoms with van der Waals surface area (Å²) in [5, 5.41) is 13.8. The molecule has 0 radical (unpaired) electrons. The summed E-state index contributed by atoms with van der Waals surface area (Å²) in [6.45, 7) is 1.37. The van der Waals surface area contributed by atoms with Crippen molar-refractivity contribution < 1.29 is 9.90 Å². The molecule has 78 valence electrons. The van der Waals surface area contributed by atoms with Crippen LogP contribution in [0, 0.1) is 16.7 Å². The number of hydrogen-bond donors (Lipinski definition) is 1. The third-order valence-corrected chi connectivity index (χ3v) is 2.35. The summed E-state index contributed by atoms with van der Waals surface area (Å²) in [6.07, 6.45) is 0. The fraction of sp³-hybridized carbons (Fsp3) is 0.125. The van der Waals surface area contributed by atoms with E-state index in [1.807, 2.05) is 0 Å². The number of benzene rings is 1. The molecule has 0 aliphatic heterocycles. The number of carboxylic acids is 1. The van der Waals surface area contributed by atoms with Crippen molar-refractivity contribution in [2.45, 2.75) is 6.92 Å². The molecule has 0 unspecified atom stereocenters. The maximum Gasteiger partial charge on any atom is 0.338 e. The maximum absolute atomic E-state index is 10.8. The van der Waals surface area contributed by atoms with Crippen LogP contribution in [0.1, 0.15) is 15.9 Å². The molecule has 1 aromatic rings. The second-order valence-corrected chi connectivity index (χ2v) is 3.09. The molecular formula is C8H5ClN2O4. The van der Waals surface area contributed by atoms with Crippen molar-refractivity contribution in [1.29, 1.82) is 0 Å². The molecule has 0 amide bonds. The number of halogens is 1. The highest BCUT2D eigenvalue weighted by atomic mass is 35.5. The van der Waals surface area contributed by atoms with Crippen LogP contribution in [-0.4, -0.2) is 11.1 Å². The largest absolute Gasteiger partial charge is 0.478 e. The summed E-state index contributed by atoms with van der Waals surface area (Å²) in [7, 11) is 0. The van der Waals surface area contributed by atoms with Gasteiger partial charge in [-0.25, -0.2) is 4.79 Å². The van der Waals surface area contributed by atoms with Crippen LogP contribution in [0.3, 0.4) is 0 Å². The molecule has 0 heterocycles. The molecule has 6 nitrogen and oxygen atoms in total. The highest BCUT2D eigenvalue weighted by molar-refractivity contribution is 6.34. The molecule has 15 heavy (non-hydrogen) atoms. The molecule has 0 fully saturated rings. The third kappa shape index (κ3) is 1.84. The Bertz CT molecular complexity index is 458. The number of aromatic carboxylic acids is 1. The lowest BCUT2D eigenvalue weighted by Crippen LogP contribution is -2.00. The van der Waals surface area contributed by atoms with Crippen molar-refractivity contribution in [2.24, 2.45) is 10.4 Å². The second-order valence-electron chi connectivity index (χ2n) is 2.72. The van der Waals surface area contributed by atoms with Crippen LogP contribution in [0.15, 0.2) is 16.4 Å². The molecule has 0 saturated heterocycles. The number of carboxylic acid groups (broad SMARTS) is 1. The maximum atomic E-state index is 10.8. The van der Waals surface area contributed by atoms with E-state index in [-0.39, 0.29) is 27.5 Å². The normalized spacial score (nSPS) is 9.73. The van der Waals surface area contributed by atoms with Gasteiger partial charge in [-0.3, -0.25) is 0 Å². The molecule has 1 aromatic carbocycles. The molecule has 0 bridgehead atoms. The van der Waals surface area contributed by atoms with Gasteiger partial charge in [0, 0.05) is 0 Å². The summed E-state index contributed by atoms with van der Waals surface area (Å²) in [5.41, 5.74) is -0.786. The first kappa shape index (κ1) is 11.3. The zero-order valence-corrected chi connectivity index (χ0v) is 8.28. The van der Waals surface area contributed by atoms with Gasteiger partial charge >= 0.3 is 5.97 Å². The zero-order valence-electron chi connectivity index (χ0n) is 7.52. The molecule has 7 heteroatoms. The van der Waals surface area contributed by atoms with Gasteiger partial charge in [0.15, 0.2) is 0 Å². The van der Waals surface area contributed by atoms with Crippen LogP contribution < -0.4 is 0 Å². The average molecular weight is 229 g/mol. The van der Waals surface area contributed by atoms with Crippen LogP contribution in [0.2, 0.25) is 5.02 Å². The number of nitrogens with zero attached hydrogens (tertiary/aromatic N) is 2. The van der Waals surface area contributed by atoms with Crippen molar-refractivity contribution in [1.82, 2.24) is 0 Å². The van der Waals surface area contributed by atoms with Gasteiger partial charge < -0.3 is 5.11 Å². The predicted molar refractivity (Wildman–Crippen MR) is 54.1 cm³/mol. The van der Waals surface area contributed by atoms with E-state index < -0.39 is 5.97 Å². The quantitative estimate of drug-likeness (QED) is 0.804. The standard InChI is InChI=1S/C8H5ClN2O4/c1-3-6(8(12)13)4(10-14)2-5(11-15)7(3)9/h2H,1H3,(H,12,13). The van der Waals surface area contributed by atoms with Gasteiger partial charge in [0.1, 0.15) is 11.4 Å². The van der Waals surface area contributed by atoms with Gasteiger partial charge in [0.05, 0.1) is 10.6 Å². The number of nitroso groups, excluding NO2 is 2. The summed E-state index contributed by atoms with van der Waals surface area (Å²) < 4.78 is 0. The number of hydrogen-bond acceptors (Lipinski definition) is 5. The SMILES string of the molecule is Cc1c(Cl)c(N=O)cc(N=O)c1C(=O)O. The first-order chi connectivity index (χ1) is 7.02. The lowest BCUT2D eigenvalue weighted by molar-refractivity contribution is 0.0697. The van der Waals surface area contributed by atoms with E-state index in [1.54, 1.807) is 0 Å². The lowest BCUT2D eigenvalue weighted by Gasteiger charge is -2.06. The van der Waals surface area contributed by atoms with Crippen LogP contribution in [0.4, 0.5) is 11.4 Å². The smallest absolute Gasteiger partial charge is 0.338 e. The molecule has 1 N–H and O–H groups in total. The van der Waals surface area contributed by atoms with Crippen LogP contribution >= 0.6 is 11.6 Å². The van der Waals surface area contributed by atoms with Crippen molar-refractivity contribution >= 4 is 28.9 Å². The number of carbonyl (C=O) groups is 1. The third-order valence-electron chi connectivity index (χ3n) is 1.87. The Kier molecular flexibility index (Phi) is 3.11. The van der Waals surface area contributed by atoms with Gasteiger partial charge in [0.25, 0.3) is 0 Å². The number of rotatable bonds is 3. The molecule has 0 saturated carbocycles. The molecule has 0 aliphatic rings. The van der Waals surface area contributed by atoms with Crippen LogP contribution in [-0.2, 0) is 0 Å². The molecule has 0 aliphatic carbocycles. The topological polar surface area (TPSA) is 96.2 Å². The first-order valence-corrected chi connectivity index (χ1v) is 4.13. The van der Waals surface area contributed by atoms with Gasteiger partial charge in [-0.2, -0.15) is 0 Å². The molecule has 0 spiro atoms. The monoisotopic (exact) mass is 228 g/mol. The first-order valence-electron chi connectivity index (χ1n) is 3.76. The minimum absolute atomic E-state index is 0.0881. The Morgan fingerprint density at radius 1 is 1.33 bits per heavy atom. The van der Waals surface area contributed by atoms with E-state index in [9.17, 15) is 14.6 Å². The Morgan fingerprint density at radius 3 is 2.27 bits per heavy atom. The Hall–Kier alpha value is -1.82.